The van der Waals surface area contributed by atoms with Gasteiger partial charge in [-0.1, -0.05) is 29.8 Å². The number of carbonyl (C=O) groups is 2. The Morgan fingerprint density at radius 3 is 2.54 bits per heavy atom. The normalized spacial score (nSPS) is 18.0. The first kappa shape index (κ1) is 15.0. The molecular formula is C19H14ClNO3. The van der Waals surface area contributed by atoms with Gasteiger partial charge in [0.15, 0.2) is 0 Å². The molecule has 0 spiro atoms. The molecule has 120 valence electrons. The molecule has 4 nitrogen and oxygen atoms in total. The number of hydrogen-bond donors (Lipinski definition) is 1. The average Bonchev–Trinajstić information content (AvgIpc) is 2.98. The first-order valence-electron chi connectivity index (χ1n) is 7.72. The molecule has 1 aliphatic heterocycles. The molecule has 1 aromatic heterocycles. The van der Waals surface area contributed by atoms with Crippen LogP contribution in [0.2, 0.25) is 5.02 Å². The maximum atomic E-state index is 12.2. The minimum Gasteiger partial charge on any atom is -0.464 e. The second-order valence-electron chi connectivity index (χ2n) is 5.91. The second-order valence-corrected chi connectivity index (χ2v) is 6.35. The number of furan rings is 1. The molecule has 0 radical (unpaired) electrons. The van der Waals surface area contributed by atoms with Crippen LogP contribution in [0.3, 0.4) is 0 Å². The molecule has 5 heteroatoms. The minimum atomic E-state index is -0.357. The van der Waals surface area contributed by atoms with Crippen molar-refractivity contribution in [3.05, 3.63) is 59.3 Å². The lowest BCUT2D eigenvalue weighted by Crippen LogP contribution is -2.39. The Morgan fingerprint density at radius 1 is 1.04 bits per heavy atom. The molecule has 0 saturated carbocycles. The summed E-state index contributed by atoms with van der Waals surface area (Å²) >= 11 is 5.94. The van der Waals surface area contributed by atoms with Crippen LogP contribution >= 0.6 is 11.6 Å². The summed E-state index contributed by atoms with van der Waals surface area (Å²) in [5, 5.41) is 3.99. The first-order chi connectivity index (χ1) is 11.6. The van der Waals surface area contributed by atoms with Gasteiger partial charge in [-0.3, -0.25) is 14.9 Å². The van der Waals surface area contributed by atoms with Gasteiger partial charge in [0, 0.05) is 22.4 Å². The maximum absolute atomic E-state index is 12.2. The highest BCUT2D eigenvalue weighted by Crippen LogP contribution is 2.35. The number of piperidine rings is 1. The Bertz CT molecular complexity index is 943. The number of hydrogen-bond acceptors (Lipinski definition) is 3. The molecule has 1 aliphatic rings. The van der Waals surface area contributed by atoms with Crippen LogP contribution in [0.4, 0.5) is 0 Å². The van der Waals surface area contributed by atoms with Crippen molar-refractivity contribution in [1.29, 1.82) is 0 Å². The van der Waals surface area contributed by atoms with Crippen LogP contribution < -0.4 is 5.32 Å². The summed E-state index contributed by atoms with van der Waals surface area (Å²) in [7, 11) is 0. The lowest BCUT2D eigenvalue weighted by molar-refractivity contribution is -0.134. The Labute approximate surface area is 143 Å². The number of imide groups is 1. The van der Waals surface area contributed by atoms with Crippen LogP contribution in [0, 0.1) is 0 Å². The van der Waals surface area contributed by atoms with E-state index >= 15 is 0 Å². The summed E-state index contributed by atoms with van der Waals surface area (Å²) in [5.41, 5.74) is 3.61. The van der Waals surface area contributed by atoms with Gasteiger partial charge in [-0.05, 0) is 41.8 Å². The van der Waals surface area contributed by atoms with Crippen molar-refractivity contribution < 1.29 is 14.0 Å². The molecule has 1 saturated heterocycles. The standard InChI is InChI=1S/C19H14ClNO3/c20-13-4-1-11(2-5-13)12-3-7-17-15(9-12)16(10-24-17)14-6-8-18(22)21-19(14)23/h1-5,7,9-10,14H,6,8H2,(H,21,22,23). The summed E-state index contributed by atoms with van der Waals surface area (Å²) < 4.78 is 5.60. The summed E-state index contributed by atoms with van der Waals surface area (Å²) in [6, 6.07) is 13.5. The predicted molar refractivity (Wildman–Crippen MR) is 91.8 cm³/mol. The minimum absolute atomic E-state index is 0.217. The van der Waals surface area contributed by atoms with E-state index in [-0.39, 0.29) is 17.7 Å². The summed E-state index contributed by atoms with van der Waals surface area (Å²) in [5.74, 6) is -0.832. The van der Waals surface area contributed by atoms with Crippen LogP contribution in [-0.4, -0.2) is 11.8 Å². The van der Waals surface area contributed by atoms with Crippen molar-refractivity contribution >= 4 is 34.4 Å². The zero-order chi connectivity index (χ0) is 16.7. The van der Waals surface area contributed by atoms with Gasteiger partial charge in [-0.15, -0.1) is 0 Å². The lowest BCUT2D eigenvalue weighted by Gasteiger charge is -2.19. The molecule has 2 heterocycles. The molecule has 1 unspecified atom stereocenters. The number of rotatable bonds is 2. The van der Waals surface area contributed by atoms with Crippen LogP contribution in [0.15, 0.2) is 53.1 Å². The molecule has 4 rings (SSSR count). The van der Waals surface area contributed by atoms with Gasteiger partial charge >= 0.3 is 0 Å². The molecule has 2 aromatic carbocycles. The summed E-state index contributed by atoms with van der Waals surface area (Å²) in [6.45, 7) is 0. The molecule has 3 aromatic rings. The third-order valence-corrected chi connectivity index (χ3v) is 4.65. The number of amides is 2. The predicted octanol–water partition coefficient (Wildman–Crippen LogP) is 4.27. The number of carbonyl (C=O) groups excluding carboxylic acids is 2. The third kappa shape index (κ3) is 2.59. The number of nitrogens with one attached hydrogen (secondary N) is 1. The smallest absolute Gasteiger partial charge is 0.234 e. The van der Waals surface area contributed by atoms with Gasteiger partial charge in [0.25, 0.3) is 0 Å². The van der Waals surface area contributed by atoms with E-state index in [4.69, 9.17) is 16.0 Å². The lowest BCUT2D eigenvalue weighted by atomic mass is 9.89. The largest absolute Gasteiger partial charge is 0.464 e. The van der Waals surface area contributed by atoms with Gasteiger partial charge in [0.05, 0.1) is 12.2 Å². The van der Waals surface area contributed by atoms with E-state index in [0.29, 0.717) is 17.9 Å². The SMILES string of the molecule is O=C1CCC(c2coc3ccc(-c4ccc(Cl)cc4)cc23)C(=O)N1. The van der Waals surface area contributed by atoms with Crippen molar-refractivity contribution in [3.63, 3.8) is 0 Å². The van der Waals surface area contributed by atoms with Gasteiger partial charge in [-0.2, -0.15) is 0 Å². The molecule has 0 bridgehead atoms. The maximum Gasteiger partial charge on any atom is 0.234 e. The number of halogens is 1. The Kier molecular flexibility index (Phi) is 3.62. The summed E-state index contributed by atoms with van der Waals surface area (Å²) in [4.78, 5) is 23.5. The number of fused-ring (bicyclic) bond motifs is 1. The fourth-order valence-corrected chi connectivity index (χ4v) is 3.26. The molecule has 1 fully saturated rings. The molecule has 2 amide bonds. The van der Waals surface area contributed by atoms with Crippen molar-refractivity contribution in [2.45, 2.75) is 18.8 Å². The third-order valence-electron chi connectivity index (χ3n) is 4.40. The van der Waals surface area contributed by atoms with Gasteiger partial charge < -0.3 is 4.42 Å². The van der Waals surface area contributed by atoms with E-state index in [2.05, 4.69) is 5.32 Å². The van der Waals surface area contributed by atoms with Crippen molar-refractivity contribution in [1.82, 2.24) is 5.32 Å². The van der Waals surface area contributed by atoms with E-state index in [1.54, 1.807) is 6.26 Å². The monoisotopic (exact) mass is 339 g/mol. The molecule has 0 aliphatic carbocycles. The summed E-state index contributed by atoms with van der Waals surface area (Å²) in [6.07, 6.45) is 2.47. The highest BCUT2D eigenvalue weighted by atomic mass is 35.5. The zero-order valence-corrected chi connectivity index (χ0v) is 13.5. The Morgan fingerprint density at radius 2 is 1.79 bits per heavy atom. The Hall–Kier alpha value is -2.59. The van der Waals surface area contributed by atoms with Crippen molar-refractivity contribution in [3.8, 4) is 11.1 Å². The van der Waals surface area contributed by atoms with E-state index in [9.17, 15) is 9.59 Å². The molecule has 1 N–H and O–H groups in total. The van der Waals surface area contributed by atoms with Gasteiger partial charge in [0.2, 0.25) is 11.8 Å². The van der Waals surface area contributed by atoms with Crippen LogP contribution in [0.5, 0.6) is 0 Å². The second kappa shape index (κ2) is 5.80. The highest BCUT2D eigenvalue weighted by molar-refractivity contribution is 6.30. The topological polar surface area (TPSA) is 59.3 Å². The number of benzene rings is 2. The van der Waals surface area contributed by atoms with E-state index in [1.807, 2.05) is 42.5 Å². The van der Waals surface area contributed by atoms with Gasteiger partial charge in [-0.25, -0.2) is 0 Å². The fraction of sp³-hybridized carbons (Fsp3) is 0.158. The van der Waals surface area contributed by atoms with E-state index in [0.717, 1.165) is 27.7 Å². The quantitative estimate of drug-likeness (QED) is 0.709. The molecule has 24 heavy (non-hydrogen) atoms. The van der Waals surface area contributed by atoms with Gasteiger partial charge in [0.1, 0.15) is 5.58 Å². The average molecular weight is 340 g/mol. The van der Waals surface area contributed by atoms with Crippen LogP contribution in [0.25, 0.3) is 22.1 Å². The van der Waals surface area contributed by atoms with E-state index < -0.39 is 0 Å². The molecular weight excluding hydrogens is 326 g/mol. The first-order valence-corrected chi connectivity index (χ1v) is 8.10. The van der Waals surface area contributed by atoms with Crippen molar-refractivity contribution in [2.75, 3.05) is 0 Å². The highest BCUT2D eigenvalue weighted by Gasteiger charge is 2.30. The van der Waals surface area contributed by atoms with Crippen molar-refractivity contribution in [2.24, 2.45) is 0 Å². The van der Waals surface area contributed by atoms with Crippen LogP contribution in [-0.2, 0) is 9.59 Å². The van der Waals surface area contributed by atoms with E-state index in [1.165, 1.54) is 0 Å². The molecule has 1 atom stereocenters. The fourth-order valence-electron chi connectivity index (χ4n) is 3.13. The Balaban J connectivity index is 1.77. The zero-order valence-electron chi connectivity index (χ0n) is 12.7. The van der Waals surface area contributed by atoms with Crippen LogP contribution in [0.1, 0.15) is 24.3 Å².